The molecule has 0 aromatic heterocycles. The van der Waals surface area contributed by atoms with Crippen LogP contribution in [0.1, 0.15) is 51.4 Å². The van der Waals surface area contributed by atoms with Crippen LogP contribution in [-0.2, 0) is 57.1 Å². The van der Waals surface area contributed by atoms with Gasteiger partial charge in [0.2, 0.25) is 0 Å². The first-order chi connectivity index (χ1) is 19.5. The Morgan fingerprint density at radius 2 is 0.850 bits per heavy atom. The fourth-order valence-corrected chi connectivity index (χ4v) is 5.40. The van der Waals surface area contributed by atoms with Crippen molar-refractivity contribution in [3.63, 3.8) is 0 Å². The number of epoxide rings is 3. The quantitative estimate of drug-likeness (QED) is 0.159. The van der Waals surface area contributed by atoms with Crippen LogP contribution < -0.4 is 0 Å². The van der Waals surface area contributed by atoms with E-state index in [1.165, 1.54) is 0 Å². The molecule has 0 radical (unpaired) electrons. The molecule has 0 amide bonds. The lowest BCUT2D eigenvalue weighted by atomic mass is 9.79. The van der Waals surface area contributed by atoms with E-state index < -0.39 is 53.7 Å². The maximum absolute atomic E-state index is 13.0. The molecular weight excluding hydrogens is 528 g/mol. The fraction of sp³-hybridized carbons (Fsp3) is 0.857. The molecule has 12 heteroatoms. The van der Waals surface area contributed by atoms with Crippen molar-refractivity contribution in [3.8, 4) is 0 Å². The number of hydrogen-bond acceptors (Lipinski definition) is 12. The molecule has 3 aliphatic heterocycles. The molecule has 0 aromatic rings. The van der Waals surface area contributed by atoms with Crippen molar-refractivity contribution in [1.29, 1.82) is 0 Å². The van der Waals surface area contributed by atoms with Gasteiger partial charge in [0.05, 0.1) is 50.1 Å². The molecule has 0 N–H and O–H groups in total. The average molecular weight is 569 g/mol. The molecule has 3 heterocycles. The van der Waals surface area contributed by atoms with Crippen molar-refractivity contribution in [2.24, 2.45) is 23.7 Å². The van der Waals surface area contributed by atoms with Crippen LogP contribution in [0.15, 0.2) is 0 Å². The summed E-state index contributed by atoms with van der Waals surface area (Å²) in [5.41, 5.74) is 0. The van der Waals surface area contributed by atoms with Crippen LogP contribution in [0, 0.1) is 23.7 Å². The first-order valence-corrected chi connectivity index (χ1v) is 14.6. The predicted octanol–water partition coefficient (Wildman–Crippen LogP) is 1.35. The Morgan fingerprint density at radius 1 is 0.525 bits per heavy atom. The van der Waals surface area contributed by atoms with Gasteiger partial charge >= 0.3 is 23.9 Å². The van der Waals surface area contributed by atoms with Gasteiger partial charge in [0.15, 0.2) is 0 Å². The second kappa shape index (κ2) is 14.1. The summed E-state index contributed by atoms with van der Waals surface area (Å²) in [5, 5.41) is 0. The molecule has 2 aliphatic carbocycles. The summed E-state index contributed by atoms with van der Waals surface area (Å²) in [6.07, 6.45) is 4.74. The summed E-state index contributed by atoms with van der Waals surface area (Å²) >= 11 is 0. The first kappa shape index (κ1) is 29.2. The Kier molecular flexibility index (Phi) is 10.3. The van der Waals surface area contributed by atoms with E-state index in [4.69, 9.17) is 37.9 Å². The molecule has 5 fully saturated rings. The molecule has 0 spiro atoms. The van der Waals surface area contributed by atoms with E-state index in [9.17, 15) is 19.2 Å². The zero-order valence-corrected chi connectivity index (χ0v) is 22.8. The van der Waals surface area contributed by atoms with Crippen LogP contribution in [0.4, 0.5) is 0 Å². The van der Waals surface area contributed by atoms with Crippen molar-refractivity contribution in [3.05, 3.63) is 0 Å². The second-order valence-corrected chi connectivity index (χ2v) is 11.3. The van der Waals surface area contributed by atoms with E-state index >= 15 is 0 Å². The van der Waals surface area contributed by atoms with Crippen LogP contribution in [0.2, 0.25) is 0 Å². The number of rotatable bonds is 15. The van der Waals surface area contributed by atoms with Crippen molar-refractivity contribution >= 4 is 23.9 Å². The van der Waals surface area contributed by atoms with E-state index in [-0.39, 0.29) is 51.3 Å². The minimum Gasteiger partial charge on any atom is -0.463 e. The monoisotopic (exact) mass is 568 g/mol. The Hall–Kier alpha value is -2.28. The molecule has 5 rings (SSSR count). The van der Waals surface area contributed by atoms with E-state index in [2.05, 4.69) is 0 Å². The fourth-order valence-electron chi connectivity index (χ4n) is 5.40. The SMILES string of the molecule is O=C(OCC(COC(=O)C1CCCCC1C(=O)OCC1CO1)OCC1CO1)C1CCCCC1C(=O)OCC1CO1. The normalized spacial score (nSPS) is 33.2. The molecule has 5 aliphatic rings. The third-order valence-electron chi connectivity index (χ3n) is 8.11. The predicted molar refractivity (Wildman–Crippen MR) is 134 cm³/mol. The third kappa shape index (κ3) is 8.86. The van der Waals surface area contributed by atoms with Crippen LogP contribution in [0.5, 0.6) is 0 Å². The number of carbonyl (C=O) groups is 4. The first-order valence-electron chi connectivity index (χ1n) is 14.6. The minimum absolute atomic E-state index is 0.0326. The highest BCUT2D eigenvalue weighted by atomic mass is 16.6. The van der Waals surface area contributed by atoms with Crippen LogP contribution >= 0.6 is 0 Å². The number of esters is 4. The highest BCUT2D eigenvalue weighted by Crippen LogP contribution is 2.34. The molecule has 40 heavy (non-hydrogen) atoms. The lowest BCUT2D eigenvalue weighted by Gasteiger charge is -2.29. The molecular formula is C28H40O12. The lowest BCUT2D eigenvalue weighted by molar-refractivity contribution is -0.170. The summed E-state index contributed by atoms with van der Waals surface area (Å²) < 4.78 is 43.1. The van der Waals surface area contributed by atoms with Crippen molar-refractivity contribution in [2.45, 2.75) is 75.8 Å². The van der Waals surface area contributed by atoms with Gasteiger partial charge in [0, 0.05) is 0 Å². The molecule has 0 bridgehead atoms. The van der Waals surface area contributed by atoms with Crippen molar-refractivity contribution in [2.75, 3.05) is 52.9 Å². The maximum atomic E-state index is 13.0. The lowest BCUT2D eigenvalue weighted by Crippen LogP contribution is -2.39. The Bertz CT molecular complexity index is 832. The van der Waals surface area contributed by atoms with Gasteiger partial charge in [-0.1, -0.05) is 25.7 Å². The number of carbonyl (C=O) groups excluding carboxylic acids is 4. The summed E-state index contributed by atoms with van der Waals surface area (Å²) in [6, 6.07) is 0. The molecule has 12 nitrogen and oxygen atoms in total. The van der Waals surface area contributed by atoms with Gasteiger partial charge in [0.25, 0.3) is 0 Å². The van der Waals surface area contributed by atoms with Gasteiger partial charge in [-0.2, -0.15) is 0 Å². The Morgan fingerprint density at radius 3 is 1.20 bits per heavy atom. The summed E-state index contributed by atoms with van der Waals surface area (Å²) in [5.74, 6) is -4.04. The number of ether oxygens (including phenoxy) is 8. The highest BCUT2D eigenvalue weighted by Gasteiger charge is 2.41. The highest BCUT2D eigenvalue weighted by molar-refractivity contribution is 5.83. The van der Waals surface area contributed by atoms with Gasteiger partial charge in [-0.3, -0.25) is 19.2 Å². The topological polar surface area (TPSA) is 152 Å². The van der Waals surface area contributed by atoms with Gasteiger partial charge in [0.1, 0.15) is 50.8 Å². The van der Waals surface area contributed by atoms with Gasteiger partial charge in [-0.15, -0.1) is 0 Å². The molecule has 7 unspecified atom stereocenters. The van der Waals surface area contributed by atoms with Crippen LogP contribution in [-0.4, -0.2) is 101 Å². The average Bonchev–Trinajstić information content (AvgIpc) is 3.83. The number of hydrogen-bond donors (Lipinski definition) is 0. The van der Waals surface area contributed by atoms with Gasteiger partial charge < -0.3 is 37.9 Å². The van der Waals surface area contributed by atoms with Crippen molar-refractivity contribution < 1.29 is 57.1 Å². The summed E-state index contributed by atoms with van der Waals surface area (Å²) in [6.45, 7) is 2.18. The smallest absolute Gasteiger partial charge is 0.309 e. The van der Waals surface area contributed by atoms with Crippen molar-refractivity contribution in [1.82, 2.24) is 0 Å². The molecule has 2 saturated carbocycles. The van der Waals surface area contributed by atoms with Crippen LogP contribution in [0.25, 0.3) is 0 Å². The zero-order chi connectivity index (χ0) is 27.9. The summed E-state index contributed by atoms with van der Waals surface area (Å²) in [4.78, 5) is 51.3. The van der Waals surface area contributed by atoms with E-state index in [1.807, 2.05) is 0 Å². The van der Waals surface area contributed by atoms with E-state index in [0.717, 1.165) is 25.7 Å². The van der Waals surface area contributed by atoms with Gasteiger partial charge in [-0.05, 0) is 25.7 Å². The molecule has 3 saturated heterocycles. The Balaban J connectivity index is 1.11. The standard InChI is InChI=1S/C28H40O12/c29-25(37-13-18-11-34-18)21-5-1-3-7-23(21)27(31)39-15-20(36-10-17-9-33-17)16-40-28(32)24-8-4-2-6-22(24)26(30)38-14-19-12-35-19/h17-24H,1-16H2. The second-order valence-electron chi connectivity index (χ2n) is 11.3. The third-order valence-corrected chi connectivity index (χ3v) is 8.11. The minimum atomic E-state index is -0.709. The molecule has 7 atom stereocenters. The van der Waals surface area contributed by atoms with E-state index in [0.29, 0.717) is 45.5 Å². The maximum Gasteiger partial charge on any atom is 0.309 e. The zero-order valence-electron chi connectivity index (χ0n) is 22.8. The summed E-state index contributed by atoms with van der Waals surface area (Å²) in [7, 11) is 0. The van der Waals surface area contributed by atoms with Gasteiger partial charge in [-0.25, -0.2) is 0 Å². The molecule has 0 aromatic carbocycles. The van der Waals surface area contributed by atoms with E-state index in [1.54, 1.807) is 0 Å². The molecule has 224 valence electrons. The Labute approximate surface area is 233 Å². The van der Waals surface area contributed by atoms with Crippen LogP contribution in [0.3, 0.4) is 0 Å². The largest absolute Gasteiger partial charge is 0.463 e.